The summed E-state index contributed by atoms with van der Waals surface area (Å²) in [5.74, 6) is 0.126. The summed E-state index contributed by atoms with van der Waals surface area (Å²) in [6, 6.07) is 19.9. The summed E-state index contributed by atoms with van der Waals surface area (Å²) < 4.78 is 11.8. The minimum Gasteiger partial charge on any atom is -0.419 e. The van der Waals surface area contributed by atoms with E-state index in [0.717, 1.165) is 24.0 Å². The summed E-state index contributed by atoms with van der Waals surface area (Å²) in [6.45, 7) is 3.89. The summed E-state index contributed by atoms with van der Waals surface area (Å²) in [5, 5.41) is 0. The minimum absolute atomic E-state index is 0.310. The van der Waals surface area contributed by atoms with Crippen LogP contribution in [-0.2, 0) is 0 Å². The van der Waals surface area contributed by atoms with Gasteiger partial charge in [-0.2, -0.15) is 0 Å². The second kappa shape index (κ2) is 11.1. The lowest BCUT2D eigenvalue weighted by Crippen LogP contribution is -2.16. The first-order valence-electron chi connectivity index (χ1n) is 12.2. The topological polar surface area (TPSA) is 52.6 Å². The van der Waals surface area contributed by atoms with Crippen molar-refractivity contribution >= 4 is 11.9 Å². The van der Waals surface area contributed by atoms with Crippen LogP contribution in [0.2, 0.25) is 0 Å². The molecule has 1 saturated carbocycles. The quantitative estimate of drug-likeness (QED) is 0.293. The van der Waals surface area contributed by atoms with Crippen LogP contribution < -0.4 is 9.47 Å². The average molecular weight is 457 g/mol. The Morgan fingerprint density at radius 3 is 1.68 bits per heavy atom. The van der Waals surface area contributed by atoms with Crippen LogP contribution in [-0.4, -0.2) is 11.9 Å². The van der Waals surface area contributed by atoms with Gasteiger partial charge in [0.05, 0.1) is 11.1 Å². The molecule has 0 aromatic heterocycles. The summed E-state index contributed by atoms with van der Waals surface area (Å²) >= 11 is 0. The molecule has 0 aliphatic heterocycles. The number of carbonyl (C=O) groups is 2. The van der Waals surface area contributed by atoms with Crippen LogP contribution in [0, 0.1) is 13.8 Å². The molecule has 3 aromatic carbocycles. The molecule has 0 atom stereocenters. The van der Waals surface area contributed by atoms with E-state index in [4.69, 9.17) is 9.47 Å². The van der Waals surface area contributed by atoms with Crippen molar-refractivity contribution in [2.24, 2.45) is 0 Å². The van der Waals surface area contributed by atoms with E-state index in [1.54, 1.807) is 48.5 Å². The van der Waals surface area contributed by atoms with Crippen LogP contribution in [0.5, 0.6) is 11.5 Å². The average Bonchev–Trinajstić information content (AvgIpc) is 2.84. The second-order valence-corrected chi connectivity index (χ2v) is 9.12. The molecule has 0 saturated heterocycles. The van der Waals surface area contributed by atoms with Crippen molar-refractivity contribution in [1.82, 2.24) is 0 Å². The van der Waals surface area contributed by atoms with E-state index in [0.29, 0.717) is 28.5 Å². The van der Waals surface area contributed by atoms with Gasteiger partial charge < -0.3 is 9.47 Å². The van der Waals surface area contributed by atoms with Gasteiger partial charge in [-0.3, -0.25) is 0 Å². The van der Waals surface area contributed by atoms with Crippen molar-refractivity contribution in [3.63, 3.8) is 0 Å². The first-order valence-corrected chi connectivity index (χ1v) is 12.2. The van der Waals surface area contributed by atoms with Crippen molar-refractivity contribution in [1.29, 1.82) is 0 Å². The Labute approximate surface area is 201 Å². The Hall–Kier alpha value is -3.40. The SMILES string of the molecule is Cc1cc(C2CCCCCCC2)c(C)c(OC(=O)c2ccccc2)c1OC(=O)c1ccccc1. The van der Waals surface area contributed by atoms with Crippen molar-refractivity contribution in [3.05, 3.63) is 94.5 Å². The number of benzene rings is 3. The maximum absolute atomic E-state index is 13.0. The molecule has 0 bridgehead atoms. The van der Waals surface area contributed by atoms with Crippen molar-refractivity contribution in [2.45, 2.75) is 64.7 Å². The molecular weight excluding hydrogens is 424 g/mol. The molecule has 0 unspecified atom stereocenters. The number of carbonyl (C=O) groups excluding carboxylic acids is 2. The molecule has 34 heavy (non-hydrogen) atoms. The maximum Gasteiger partial charge on any atom is 0.343 e. The predicted octanol–water partition coefficient (Wildman–Crippen LogP) is 7.57. The van der Waals surface area contributed by atoms with Gasteiger partial charge in [0.15, 0.2) is 11.5 Å². The zero-order chi connectivity index (χ0) is 23.9. The van der Waals surface area contributed by atoms with Gasteiger partial charge in [-0.1, -0.05) is 74.6 Å². The largest absolute Gasteiger partial charge is 0.419 e. The molecule has 1 aliphatic rings. The Kier molecular flexibility index (Phi) is 7.79. The highest BCUT2D eigenvalue weighted by Crippen LogP contribution is 2.43. The zero-order valence-electron chi connectivity index (χ0n) is 20.0. The molecule has 4 rings (SSSR count). The summed E-state index contributed by atoms with van der Waals surface area (Å²) in [5.41, 5.74) is 3.76. The molecule has 0 N–H and O–H groups in total. The first kappa shape index (κ1) is 23.7. The lowest BCUT2D eigenvalue weighted by atomic mass is 9.83. The molecule has 0 spiro atoms. The fraction of sp³-hybridized carbons (Fsp3) is 0.333. The fourth-order valence-electron chi connectivity index (χ4n) is 4.78. The molecule has 4 heteroatoms. The zero-order valence-corrected chi connectivity index (χ0v) is 20.0. The third-order valence-corrected chi connectivity index (χ3v) is 6.66. The van der Waals surface area contributed by atoms with Gasteiger partial charge in [0, 0.05) is 0 Å². The van der Waals surface area contributed by atoms with E-state index in [9.17, 15) is 9.59 Å². The number of ether oxygens (including phenoxy) is 2. The molecule has 3 aromatic rings. The minimum atomic E-state index is -0.473. The van der Waals surface area contributed by atoms with Crippen molar-refractivity contribution in [3.8, 4) is 11.5 Å². The number of aryl methyl sites for hydroxylation is 1. The van der Waals surface area contributed by atoms with Gasteiger partial charge >= 0.3 is 11.9 Å². The maximum atomic E-state index is 13.0. The fourth-order valence-corrected chi connectivity index (χ4v) is 4.78. The predicted molar refractivity (Wildman–Crippen MR) is 134 cm³/mol. The summed E-state index contributed by atoms with van der Waals surface area (Å²) in [6.07, 6.45) is 8.47. The number of hydrogen-bond donors (Lipinski definition) is 0. The number of rotatable bonds is 5. The normalized spacial score (nSPS) is 14.6. The third-order valence-electron chi connectivity index (χ3n) is 6.66. The highest BCUT2D eigenvalue weighted by molar-refractivity contribution is 5.93. The van der Waals surface area contributed by atoms with Crippen LogP contribution in [0.1, 0.15) is 88.3 Å². The lowest BCUT2D eigenvalue weighted by Gasteiger charge is -2.25. The summed E-state index contributed by atoms with van der Waals surface area (Å²) in [7, 11) is 0. The van der Waals surface area contributed by atoms with Gasteiger partial charge in [0.25, 0.3) is 0 Å². The van der Waals surface area contributed by atoms with E-state index in [-0.39, 0.29) is 0 Å². The molecule has 0 radical (unpaired) electrons. The summed E-state index contributed by atoms with van der Waals surface area (Å²) in [4.78, 5) is 25.9. The van der Waals surface area contributed by atoms with E-state index < -0.39 is 11.9 Å². The first-order chi connectivity index (χ1) is 16.5. The van der Waals surface area contributed by atoms with Crippen molar-refractivity contribution in [2.75, 3.05) is 0 Å². The van der Waals surface area contributed by atoms with Gasteiger partial charge in [0.1, 0.15) is 0 Å². The third kappa shape index (κ3) is 5.56. The van der Waals surface area contributed by atoms with E-state index in [2.05, 4.69) is 6.07 Å². The monoisotopic (exact) mass is 456 g/mol. The molecular formula is C30H32O4. The Balaban J connectivity index is 1.73. The molecule has 176 valence electrons. The van der Waals surface area contributed by atoms with Gasteiger partial charge in [0.2, 0.25) is 0 Å². The molecule has 1 fully saturated rings. The number of hydrogen-bond acceptors (Lipinski definition) is 4. The Bertz CT molecular complexity index is 1130. The molecule has 0 heterocycles. The van der Waals surface area contributed by atoms with Gasteiger partial charge in [-0.05, 0) is 73.6 Å². The Morgan fingerprint density at radius 2 is 1.15 bits per heavy atom. The lowest BCUT2D eigenvalue weighted by molar-refractivity contribution is 0.0680. The second-order valence-electron chi connectivity index (χ2n) is 9.12. The van der Waals surface area contributed by atoms with Crippen LogP contribution in [0.3, 0.4) is 0 Å². The highest BCUT2D eigenvalue weighted by atomic mass is 16.6. The smallest absolute Gasteiger partial charge is 0.343 e. The van der Waals surface area contributed by atoms with Crippen LogP contribution in [0.25, 0.3) is 0 Å². The van der Waals surface area contributed by atoms with Gasteiger partial charge in [-0.15, -0.1) is 0 Å². The Morgan fingerprint density at radius 1 is 0.676 bits per heavy atom. The van der Waals surface area contributed by atoms with Crippen molar-refractivity contribution < 1.29 is 19.1 Å². The van der Waals surface area contributed by atoms with E-state index >= 15 is 0 Å². The molecule has 0 amide bonds. The molecule has 1 aliphatic carbocycles. The molecule has 4 nitrogen and oxygen atoms in total. The van der Waals surface area contributed by atoms with E-state index in [1.165, 1.54) is 37.7 Å². The van der Waals surface area contributed by atoms with Crippen LogP contribution in [0.4, 0.5) is 0 Å². The highest BCUT2D eigenvalue weighted by Gasteiger charge is 2.26. The standard InChI is InChI=1S/C30H32O4/c1-21-20-26(23-14-8-4-3-5-9-15-23)22(2)28(34-30(32)25-18-12-7-13-19-25)27(21)33-29(31)24-16-10-6-11-17-24/h6-7,10-13,16-20,23H,3-5,8-9,14-15H2,1-2H3. The van der Waals surface area contributed by atoms with Gasteiger partial charge in [-0.25, -0.2) is 9.59 Å². The van der Waals surface area contributed by atoms with Crippen LogP contribution >= 0.6 is 0 Å². The number of esters is 2. The van der Waals surface area contributed by atoms with E-state index in [1.807, 2.05) is 26.0 Å². The van der Waals surface area contributed by atoms with Crippen LogP contribution in [0.15, 0.2) is 66.7 Å².